The zero-order chi connectivity index (χ0) is 14.7. The van der Waals surface area contributed by atoms with Crippen LogP contribution in [-0.4, -0.2) is 54.2 Å². The Balaban J connectivity index is 1.51. The first kappa shape index (κ1) is 14.4. The van der Waals surface area contributed by atoms with Gasteiger partial charge in [0.15, 0.2) is 0 Å². The molecule has 3 rings (SSSR count). The van der Waals surface area contributed by atoms with E-state index in [2.05, 4.69) is 15.5 Å². The lowest BCUT2D eigenvalue weighted by Gasteiger charge is -2.16. The van der Waals surface area contributed by atoms with Gasteiger partial charge in [0.2, 0.25) is 0 Å². The van der Waals surface area contributed by atoms with E-state index in [0.29, 0.717) is 11.6 Å². The Morgan fingerprint density at radius 3 is 2.67 bits per heavy atom. The van der Waals surface area contributed by atoms with E-state index in [9.17, 15) is 4.79 Å². The Hall–Kier alpha value is -1.59. The summed E-state index contributed by atoms with van der Waals surface area (Å²) in [5.74, 6) is -0.142. The molecule has 1 saturated carbocycles. The number of carbonyl (C=O) groups excluding carboxylic acids is 1. The predicted molar refractivity (Wildman–Crippen MR) is 82.5 cm³/mol. The molecule has 3 N–H and O–H groups in total. The second-order valence-corrected chi connectivity index (χ2v) is 5.91. The van der Waals surface area contributed by atoms with Gasteiger partial charge in [0.1, 0.15) is 0 Å². The number of aliphatic hydroxyl groups is 1. The maximum atomic E-state index is 11.7. The lowest BCUT2D eigenvalue weighted by Crippen LogP contribution is -2.28. The van der Waals surface area contributed by atoms with E-state index in [1.165, 1.54) is 25.8 Å². The monoisotopic (exact) mass is 289 g/mol. The van der Waals surface area contributed by atoms with E-state index in [-0.39, 0.29) is 19.1 Å². The first-order valence-electron chi connectivity index (χ1n) is 7.76. The molecule has 5 nitrogen and oxygen atoms in total. The lowest BCUT2D eigenvalue weighted by atomic mass is 10.1. The first-order chi connectivity index (χ1) is 10.3. The maximum Gasteiger partial charge on any atom is 0.251 e. The topological polar surface area (TPSA) is 64.6 Å². The van der Waals surface area contributed by atoms with Gasteiger partial charge in [-0.3, -0.25) is 9.69 Å². The Morgan fingerprint density at radius 1 is 1.24 bits per heavy atom. The Kier molecular flexibility index (Phi) is 4.41. The van der Waals surface area contributed by atoms with Crippen LogP contribution < -0.4 is 10.6 Å². The van der Waals surface area contributed by atoms with E-state index >= 15 is 0 Å². The smallest absolute Gasteiger partial charge is 0.251 e. The summed E-state index contributed by atoms with van der Waals surface area (Å²) in [6, 6.07) is 8.90. The van der Waals surface area contributed by atoms with Crippen molar-refractivity contribution >= 4 is 11.6 Å². The van der Waals surface area contributed by atoms with E-state index < -0.39 is 0 Å². The molecule has 0 spiro atoms. The fraction of sp³-hybridized carbons (Fsp3) is 0.562. The zero-order valence-electron chi connectivity index (χ0n) is 12.2. The van der Waals surface area contributed by atoms with Crippen molar-refractivity contribution in [1.82, 2.24) is 10.2 Å². The minimum absolute atomic E-state index is 0.0371. The number of hydrogen-bond donors (Lipinski definition) is 3. The highest BCUT2D eigenvalue weighted by Crippen LogP contribution is 2.30. The molecule has 21 heavy (non-hydrogen) atoms. The molecule has 1 amide bonds. The Bertz CT molecular complexity index is 485. The van der Waals surface area contributed by atoms with Crippen molar-refractivity contribution in [1.29, 1.82) is 0 Å². The highest BCUT2D eigenvalue weighted by atomic mass is 16.3. The largest absolute Gasteiger partial charge is 0.395 e. The molecule has 5 heteroatoms. The molecular formula is C16H23N3O2. The lowest BCUT2D eigenvalue weighted by molar-refractivity contribution is 0.0945. The van der Waals surface area contributed by atoms with Crippen molar-refractivity contribution in [2.75, 3.05) is 31.6 Å². The van der Waals surface area contributed by atoms with Crippen LogP contribution in [0.1, 0.15) is 29.6 Å². The van der Waals surface area contributed by atoms with Gasteiger partial charge in [0.25, 0.3) is 5.91 Å². The molecule has 0 aromatic heterocycles. The van der Waals surface area contributed by atoms with Gasteiger partial charge in [-0.1, -0.05) is 0 Å². The molecule has 1 aliphatic heterocycles. The maximum absolute atomic E-state index is 11.7. The van der Waals surface area contributed by atoms with Crippen molar-refractivity contribution in [3.8, 4) is 0 Å². The number of rotatable bonds is 6. The third kappa shape index (κ3) is 3.74. The molecular weight excluding hydrogens is 266 g/mol. The predicted octanol–water partition coefficient (Wildman–Crippen LogP) is 1.06. The van der Waals surface area contributed by atoms with Crippen molar-refractivity contribution in [3.63, 3.8) is 0 Å². The molecule has 1 saturated heterocycles. The van der Waals surface area contributed by atoms with Crippen LogP contribution in [0.5, 0.6) is 0 Å². The fourth-order valence-electron chi connectivity index (χ4n) is 2.90. The Labute approximate surface area is 125 Å². The van der Waals surface area contributed by atoms with Crippen molar-refractivity contribution < 1.29 is 9.90 Å². The number of likely N-dealkylation sites (tertiary alicyclic amines) is 1. The van der Waals surface area contributed by atoms with E-state index in [1.807, 2.05) is 24.3 Å². The van der Waals surface area contributed by atoms with Crippen LogP contribution in [0.15, 0.2) is 24.3 Å². The second kappa shape index (κ2) is 6.45. The Morgan fingerprint density at radius 2 is 2.00 bits per heavy atom. The quantitative estimate of drug-likeness (QED) is 0.732. The van der Waals surface area contributed by atoms with Gasteiger partial charge in [-0.2, -0.15) is 0 Å². The van der Waals surface area contributed by atoms with Crippen LogP contribution in [0.2, 0.25) is 0 Å². The number of anilines is 1. The van der Waals surface area contributed by atoms with E-state index in [1.54, 1.807) is 0 Å². The summed E-state index contributed by atoms with van der Waals surface area (Å²) >= 11 is 0. The van der Waals surface area contributed by atoms with Crippen LogP contribution in [-0.2, 0) is 0 Å². The molecule has 1 aromatic rings. The normalized spacial score (nSPS) is 22.2. The summed E-state index contributed by atoms with van der Waals surface area (Å²) in [7, 11) is 0. The number of hydrogen-bond acceptors (Lipinski definition) is 4. The van der Waals surface area contributed by atoms with Crippen molar-refractivity contribution in [2.24, 2.45) is 0 Å². The van der Waals surface area contributed by atoms with Crippen molar-refractivity contribution in [3.05, 3.63) is 29.8 Å². The van der Waals surface area contributed by atoms with Gasteiger partial charge in [0, 0.05) is 43.0 Å². The van der Waals surface area contributed by atoms with Crippen LogP contribution in [0.3, 0.4) is 0 Å². The SMILES string of the molecule is O=C(NCCO)c1ccc(NC2CCN(C3CC3)C2)cc1. The average Bonchev–Trinajstić information content (AvgIpc) is 3.26. The fourth-order valence-corrected chi connectivity index (χ4v) is 2.90. The molecule has 0 bridgehead atoms. The molecule has 1 aromatic carbocycles. The van der Waals surface area contributed by atoms with Gasteiger partial charge in [0.05, 0.1) is 6.61 Å². The molecule has 2 fully saturated rings. The summed E-state index contributed by atoms with van der Waals surface area (Å²) in [6.45, 7) is 2.58. The van der Waals surface area contributed by atoms with E-state index in [0.717, 1.165) is 18.3 Å². The van der Waals surface area contributed by atoms with E-state index in [4.69, 9.17) is 5.11 Å². The zero-order valence-corrected chi connectivity index (χ0v) is 12.2. The number of carbonyl (C=O) groups is 1. The average molecular weight is 289 g/mol. The number of benzene rings is 1. The summed E-state index contributed by atoms with van der Waals surface area (Å²) in [6.07, 6.45) is 3.92. The van der Waals surface area contributed by atoms with Gasteiger partial charge >= 0.3 is 0 Å². The summed E-state index contributed by atoms with van der Waals surface area (Å²) in [5, 5.41) is 14.9. The minimum atomic E-state index is -0.142. The van der Waals surface area contributed by atoms with Crippen LogP contribution >= 0.6 is 0 Å². The van der Waals surface area contributed by atoms with Crippen LogP contribution in [0.25, 0.3) is 0 Å². The van der Waals surface area contributed by atoms with Gasteiger partial charge in [-0.25, -0.2) is 0 Å². The molecule has 1 atom stereocenters. The van der Waals surface area contributed by atoms with Gasteiger partial charge in [-0.15, -0.1) is 0 Å². The third-order valence-electron chi connectivity index (χ3n) is 4.20. The molecule has 2 aliphatic rings. The standard InChI is InChI=1S/C16H23N3O2/c20-10-8-17-16(21)12-1-3-13(4-2-12)18-14-7-9-19(11-14)15-5-6-15/h1-4,14-15,18,20H,5-11H2,(H,17,21). The van der Waals surface area contributed by atoms with Crippen molar-refractivity contribution in [2.45, 2.75) is 31.3 Å². The number of nitrogens with one attached hydrogen (secondary N) is 2. The number of amides is 1. The third-order valence-corrected chi connectivity index (χ3v) is 4.20. The summed E-state index contributed by atoms with van der Waals surface area (Å²) in [4.78, 5) is 14.3. The highest BCUT2D eigenvalue weighted by molar-refractivity contribution is 5.94. The molecule has 0 radical (unpaired) electrons. The molecule has 1 unspecified atom stereocenters. The summed E-state index contributed by atoms with van der Waals surface area (Å²) < 4.78 is 0. The minimum Gasteiger partial charge on any atom is -0.395 e. The van der Waals surface area contributed by atoms with Crippen LogP contribution in [0.4, 0.5) is 5.69 Å². The van der Waals surface area contributed by atoms with Gasteiger partial charge < -0.3 is 15.7 Å². The number of aliphatic hydroxyl groups excluding tert-OH is 1. The molecule has 1 aliphatic carbocycles. The highest BCUT2D eigenvalue weighted by Gasteiger charge is 2.34. The number of nitrogens with zero attached hydrogens (tertiary/aromatic N) is 1. The molecule has 114 valence electrons. The van der Waals surface area contributed by atoms with Crippen LogP contribution in [0, 0.1) is 0 Å². The second-order valence-electron chi connectivity index (χ2n) is 5.91. The van der Waals surface area contributed by atoms with Gasteiger partial charge in [-0.05, 0) is 43.5 Å². The summed E-state index contributed by atoms with van der Waals surface area (Å²) in [5.41, 5.74) is 1.69. The molecule has 1 heterocycles. The first-order valence-corrected chi connectivity index (χ1v) is 7.76.